The summed E-state index contributed by atoms with van der Waals surface area (Å²) in [5, 5.41) is 0. The molecule has 0 atom stereocenters. The second kappa shape index (κ2) is 11.1. The summed E-state index contributed by atoms with van der Waals surface area (Å²) in [7, 11) is 5.62. The van der Waals surface area contributed by atoms with Crippen molar-refractivity contribution in [2.75, 3.05) is 32.6 Å². The lowest BCUT2D eigenvalue weighted by atomic mass is 10.0. The Balaban J connectivity index is 1.52. The molecule has 176 valence electrons. The number of anilines is 1. The molecule has 0 aliphatic heterocycles. The Hall–Kier alpha value is -4.13. The van der Waals surface area contributed by atoms with E-state index in [9.17, 15) is 14.4 Å². The van der Waals surface area contributed by atoms with Gasteiger partial charge in [-0.15, -0.1) is 0 Å². The van der Waals surface area contributed by atoms with E-state index in [1.807, 2.05) is 55.4 Å². The molecule has 7 nitrogen and oxygen atoms in total. The van der Waals surface area contributed by atoms with Crippen molar-refractivity contribution < 1.29 is 23.9 Å². The summed E-state index contributed by atoms with van der Waals surface area (Å²) < 4.78 is 10.2. The first-order valence-corrected chi connectivity index (χ1v) is 10.8. The molecule has 0 unspecified atom stereocenters. The van der Waals surface area contributed by atoms with E-state index >= 15 is 0 Å². The zero-order valence-electron chi connectivity index (χ0n) is 19.8. The van der Waals surface area contributed by atoms with Gasteiger partial charge in [0.2, 0.25) is 0 Å². The number of carbonyl (C=O) groups is 3. The fraction of sp³-hybridized carbons (Fsp3) is 0.222. The normalized spacial score (nSPS) is 10.4. The number of amides is 1. The molecular weight excluding hydrogens is 432 g/mol. The second-order valence-electron chi connectivity index (χ2n) is 8.08. The number of ether oxygens (including phenoxy) is 2. The first-order valence-electron chi connectivity index (χ1n) is 10.8. The number of esters is 2. The maximum atomic E-state index is 12.4. The first-order chi connectivity index (χ1) is 16.2. The van der Waals surface area contributed by atoms with Gasteiger partial charge in [0.25, 0.3) is 5.91 Å². The molecule has 0 bridgehead atoms. The van der Waals surface area contributed by atoms with Crippen LogP contribution in [0, 0.1) is 0 Å². The van der Waals surface area contributed by atoms with E-state index < -0.39 is 5.97 Å². The molecule has 0 fully saturated rings. The lowest BCUT2D eigenvalue weighted by Crippen LogP contribution is -2.30. The van der Waals surface area contributed by atoms with Gasteiger partial charge < -0.3 is 19.3 Å². The van der Waals surface area contributed by atoms with Gasteiger partial charge in [0.1, 0.15) is 5.75 Å². The van der Waals surface area contributed by atoms with Crippen molar-refractivity contribution in [3.63, 3.8) is 0 Å². The van der Waals surface area contributed by atoms with Crippen molar-refractivity contribution in [3.8, 4) is 16.9 Å². The molecule has 3 aromatic carbocycles. The van der Waals surface area contributed by atoms with Crippen LogP contribution in [0.3, 0.4) is 0 Å². The lowest BCUT2D eigenvalue weighted by Gasteiger charge is -2.18. The predicted molar refractivity (Wildman–Crippen MR) is 131 cm³/mol. The van der Waals surface area contributed by atoms with E-state index in [1.165, 1.54) is 11.8 Å². The highest BCUT2D eigenvalue weighted by molar-refractivity contribution is 5.91. The van der Waals surface area contributed by atoms with Crippen molar-refractivity contribution in [1.29, 1.82) is 0 Å². The van der Waals surface area contributed by atoms with E-state index in [0.29, 0.717) is 17.9 Å². The van der Waals surface area contributed by atoms with Crippen LogP contribution in [0.2, 0.25) is 0 Å². The highest BCUT2D eigenvalue weighted by atomic mass is 16.5. The van der Waals surface area contributed by atoms with Crippen molar-refractivity contribution >= 4 is 23.5 Å². The van der Waals surface area contributed by atoms with Crippen molar-refractivity contribution in [3.05, 3.63) is 83.9 Å². The molecule has 3 aromatic rings. The highest BCUT2D eigenvalue weighted by Gasteiger charge is 2.14. The van der Waals surface area contributed by atoms with Crippen LogP contribution in [0.15, 0.2) is 72.8 Å². The molecule has 3 rings (SSSR count). The summed E-state index contributed by atoms with van der Waals surface area (Å²) in [6, 6.07) is 21.9. The molecule has 0 aliphatic carbocycles. The van der Waals surface area contributed by atoms with Crippen LogP contribution in [0.5, 0.6) is 5.75 Å². The van der Waals surface area contributed by atoms with Crippen LogP contribution in [0.25, 0.3) is 11.1 Å². The van der Waals surface area contributed by atoms with Crippen LogP contribution in [-0.2, 0) is 20.9 Å². The SMILES string of the molecule is CC(=O)Oc1ccc(-c2ccc(C(=O)OCC(=O)N(C)Cc3ccc(N(C)C)cc3)cc2)cc1. The lowest BCUT2D eigenvalue weighted by molar-refractivity contribution is -0.134. The summed E-state index contributed by atoms with van der Waals surface area (Å²) in [5.74, 6) is -0.751. The smallest absolute Gasteiger partial charge is 0.338 e. The predicted octanol–water partition coefficient (Wildman–Crippen LogP) is 4.16. The molecule has 0 radical (unpaired) electrons. The summed E-state index contributed by atoms with van der Waals surface area (Å²) in [6.45, 7) is 1.45. The monoisotopic (exact) mass is 460 g/mol. The maximum absolute atomic E-state index is 12.4. The van der Waals surface area contributed by atoms with Crippen LogP contribution < -0.4 is 9.64 Å². The molecular formula is C27H28N2O5. The topological polar surface area (TPSA) is 76.2 Å². The van der Waals surface area contributed by atoms with Crippen LogP contribution in [0.4, 0.5) is 5.69 Å². The molecule has 0 aliphatic rings. The summed E-state index contributed by atoms with van der Waals surface area (Å²) in [5.41, 5.74) is 4.23. The Morgan fingerprint density at radius 2 is 1.32 bits per heavy atom. The van der Waals surface area contributed by atoms with Gasteiger partial charge in [0, 0.05) is 40.3 Å². The van der Waals surface area contributed by atoms with Crippen LogP contribution in [0.1, 0.15) is 22.8 Å². The molecule has 0 saturated carbocycles. The Labute approximate surface area is 199 Å². The molecule has 7 heteroatoms. The molecule has 0 saturated heterocycles. The quantitative estimate of drug-likeness (QED) is 0.371. The Morgan fingerprint density at radius 3 is 1.85 bits per heavy atom. The average Bonchev–Trinajstić information content (AvgIpc) is 2.83. The van der Waals surface area contributed by atoms with E-state index in [1.54, 1.807) is 43.4 Å². The fourth-order valence-electron chi connectivity index (χ4n) is 3.26. The summed E-state index contributed by atoms with van der Waals surface area (Å²) in [4.78, 5) is 39.3. The average molecular weight is 461 g/mol. The zero-order chi connectivity index (χ0) is 24.7. The van der Waals surface area contributed by atoms with Gasteiger partial charge >= 0.3 is 11.9 Å². The Morgan fingerprint density at radius 1 is 0.765 bits per heavy atom. The minimum atomic E-state index is -0.561. The van der Waals surface area contributed by atoms with E-state index in [0.717, 1.165) is 22.4 Å². The number of hydrogen-bond acceptors (Lipinski definition) is 6. The first kappa shape index (κ1) is 24.5. The molecule has 0 heterocycles. The number of benzene rings is 3. The maximum Gasteiger partial charge on any atom is 0.338 e. The largest absolute Gasteiger partial charge is 0.452 e. The number of hydrogen-bond donors (Lipinski definition) is 0. The standard InChI is InChI=1S/C27H28N2O5/c1-19(30)34-25-15-11-22(12-16-25)21-7-9-23(10-8-21)27(32)33-18-26(31)29(4)17-20-5-13-24(14-6-20)28(2)3/h5-16H,17-18H2,1-4H3. The molecule has 1 amide bonds. The third kappa shape index (κ3) is 6.68. The fourth-order valence-corrected chi connectivity index (χ4v) is 3.26. The molecule has 0 N–H and O–H groups in total. The van der Waals surface area contributed by atoms with Crippen LogP contribution >= 0.6 is 0 Å². The third-order valence-electron chi connectivity index (χ3n) is 5.19. The molecule has 0 spiro atoms. The molecule has 34 heavy (non-hydrogen) atoms. The van der Waals surface area contributed by atoms with Crippen molar-refractivity contribution in [2.45, 2.75) is 13.5 Å². The van der Waals surface area contributed by atoms with E-state index in [2.05, 4.69) is 0 Å². The number of likely N-dealkylation sites (N-methyl/N-ethyl adjacent to an activating group) is 1. The minimum absolute atomic E-state index is 0.283. The van der Waals surface area contributed by atoms with E-state index in [-0.39, 0.29) is 18.5 Å². The van der Waals surface area contributed by atoms with E-state index in [4.69, 9.17) is 9.47 Å². The summed E-state index contributed by atoms with van der Waals surface area (Å²) >= 11 is 0. The van der Waals surface area contributed by atoms with Crippen LogP contribution in [-0.4, -0.2) is 50.5 Å². The third-order valence-corrected chi connectivity index (χ3v) is 5.19. The van der Waals surface area contributed by atoms with Gasteiger partial charge in [-0.1, -0.05) is 36.4 Å². The summed E-state index contributed by atoms with van der Waals surface area (Å²) in [6.07, 6.45) is 0. The van der Waals surface area contributed by atoms with Gasteiger partial charge in [-0.05, 0) is 53.1 Å². The molecule has 0 aromatic heterocycles. The Kier molecular flexibility index (Phi) is 8.03. The second-order valence-corrected chi connectivity index (χ2v) is 8.08. The van der Waals surface area contributed by atoms with Gasteiger partial charge in [0.15, 0.2) is 6.61 Å². The highest BCUT2D eigenvalue weighted by Crippen LogP contribution is 2.23. The van der Waals surface area contributed by atoms with Crippen molar-refractivity contribution in [1.82, 2.24) is 4.90 Å². The van der Waals surface area contributed by atoms with Gasteiger partial charge in [0.05, 0.1) is 5.56 Å². The minimum Gasteiger partial charge on any atom is -0.452 e. The number of nitrogens with zero attached hydrogens (tertiary/aromatic N) is 2. The zero-order valence-corrected chi connectivity index (χ0v) is 19.8. The Bertz CT molecular complexity index is 1140. The van der Waals surface area contributed by atoms with Crippen molar-refractivity contribution in [2.24, 2.45) is 0 Å². The van der Waals surface area contributed by atoms with Gasteiger partial charge in [-0.3, -0.25) is 9.59 Å². The number of rotatable bonds is 8. The number of carbonyl (C=O) groups excluding carboxylic acids is 3. The van der Waals surface area contributed by atoms with Gasteiger partial charge in [-0.25, -0.2) is 4.79 Å². The van der Waals surface area contributed by atoms with Gasteiger partial charge in [-0.2, -0.15) is 0 Å².